The van der Waals surface area contributed by atoms with Crippen molar-refractivity contribution in [2.75, 3.05) is 5.73 Å². The van der Waals surface area contributed by atoms with Crippen molar-refractivity contribution in [2.45, 2.75) is 32.8 Å². The second kappa shape index (κ2) is 4.72. The predicted octanol–water partition coefficient (Wildman–Crippen LogP) is 1.40. The van der Waals surface area contributed by atoms with Crippen LogP contribution in [0.2, 0.25) is 0 Å². The van der Waals surface area contributed by atoms with Crippen LogP contribution in [0.15, 0.2) is 17.5 Å². The molecule has 0 bridgehead atoms. The van der Waals surface area contributed by atoms with Crippen molar-refractivity contribution in [3.05, 3.63) is 18.1 Å². The van der Waals surface area contributed by atoms with E-state index in [0.29, 0.717) is 12.2 Å². The number of oxime groups is 1. The molecule has 0 spiro atoms. The average Bonchev–Trinajstić information content (AvgIpc) is 2.14. The van der Waals surface area contributed by atoms with E-state index < -0.39 is 0 Å². The van der Waals surface area contributed by atoms with E-state index in [1.54, 1.807) is 12.4 Å². The van der Waals surface area contributed by atoms with Crippen LogP contribution in [0, 0.1) is 0 Å². The standard InChI is InChI=1S/C10H16N4O/c1-10(2,3)15-14-5-4-8-6-13-9(11)7-12-8/h5-7H,4H2,1-3H3,(H2,11,13). The zero-order valence-corrected chi connectivity index (χ0v) is 9.27. The van der Waals surface area contributed by atoms with Gasteiger partial charge in [0.25, 0.3) is 0 Å². The molecule has 0 atom stereocenters. The molecule has 0 fully saturated rings. The third-order valence-electron chi connectivity index (χ3n) is 1.43. The molecule has 15 heavy (non-hydrogen) atoms. The third kappa shape index (κ3) is 4.95. The van der Waals surface area contributed by atoms with Crippen molar-refractivity contribution in [3.8, 4) is 0 Å². The molecule has 1 aromatic rings. The minimum atomic E-state index is -0.261. The minimum absolute atomic E-state index is 0.261. The number of rotatable bonds is 3. The first-order chi connectivity index (χ1) is 6.97. The molecule has 0 saturated heterocycles. The summed E-state index contributed by atoms with van der Waals surface area (Å²) < 4.78 is 0. The number of nitrogens with zero attached hydrogens (tertiary/aromatic N) is 3. The van der Waals surface area contributed by atoms with E-state index in [1.807, 2.05) is 20.8 Å². The minimum Gasteiger partial charge on any atom is -0.390 e. The lowest BCUT2D eigenvalue weighted by Crippen LogP contribution is -2.15. The summed E-state index contributed by atoms with van der Waals surface area (Å²) in [6.45, 7) is 5.81. The average molecular weight is 208 g/mol. The summed E-state index contributed by atoms with van der Waals surface area (Å²) in [4.78, 5) is 13.2. The number of hydrogen-bond donors (Lipinski definition) is 1. The summed E-state index contributed by atoms with van der Waals surface area (Å²) in [6.07, 6.45) is 5.39. The fourth-order valence-electron chi connectivity index (χ4n) is 0.796. The Kier molecular flexibility index (Phi) is 3.60. The van der Waals surface area contributed by atoms with Crippen molar-refractivity contribution >= 4 is 12.0 Å². The van der Waals surface area contributed by atoms with Gasteiger partial charge in [0.2, 0.25) is 0 Å². The summed E-state index contributed by atoms with van der Waals surface area (Å²) in [5.41, 5.74) is 5.96. The number of aromatic nitrogens is 2. The summed E-state index contributed by atoms with van der Waals surface area (Å²) >= 11 is 0. The molecule has 5 nitrogen and oxygen atoms in total. The summed E-state index contributed by atoms with van der Waals surface area (Å²) in [5, 5.41) is 3.84. The van der Waals surface area contributed by atoms with Crippen molar-refractivity contribution in [1.29, 1.82) is 0 Å². The zero-order chi connectivity index (χ0) is 11.3. The molecular weight excluding hydrogens is 192 g/mol. The van der Waals surface area contributed by atoms with E-state index in [1.165, 1.54) is 6.20 Å². The van der Waals surface area contributed by atoms with Gasteiger partial charge in [-0.1, -0.05) is 5.16 Å². The van der Waals surface area contributed by atoms with Crippen LogP contribution in [-0.4, -0.2) is 21.8 Å². The van der Waals surface area contributed by atoms with Crippen molar-refractivity contribution in [2.24, 2.45) is 5.16 Å². The van der Waals surface area contributed by atoms with Gasteiger partial charge in [-0.3, -0.25) is 4.98 Å². The summed E-state index contributed by atoms with van der Waals surface area (Å²) in [5.74, 6) is 0.418. The highest BCUT2D eigenvalue weighted by Gasteiger charge is 2.08. The van der Waals surface area contributed by atoms with Gasteiger partial charge in [0.05, 0.1) is 18.1 Å². The number of nitrogens with two attached hydrogens (primary N) is 1. The Bertz CT molecular complexity index is 326. The SMILES string of the molecule is CC(C)(C)ON=CCc1cnc(N)cn1. The van der Waals surface area contributed by atoms with Crippen molar-refractivity contribution in [3.63, 3.8) is 0 Å². The maximum absolute atomic E-state index is 5.41. The predicted molar refractivity (Wildman–Crippen MR) is 59.5 cm³/mol. The van der Waals surface area contributed by atoms with Gasteiger partial charge in [-0.05, 0) is 20.8 Å². The lowest BCUT2D eigenvalue weighted by atomic mass is 10.2. The maximum atomic E-state index is 5.41. The maximum Gasteiger partial charge on any atom is 0.141 e. The van der Waals surface area contributed by atoms with Crippen LogP contribution < -0.4 is 5.73 Å². The molecule has 0 aliphatic rings. The largest absolute Gasteiger partial charge is 0.390 e. The lowest BCUT2D eigenvalue weighted by Gasteiger charge is -2.14. The summed E-state index contributed by atoms with van der Waals surface area (Å²) in [6, 6.07) is 0. The highest BCUT2D eigenvalue weighted by atomic mass is 16.6. The fourth-order valence-corrected chi connectivity index (χ4v) is 0.796. The molecule has 1 aromatic heterocycles. The van der Waals surface area contributed by atoms with Crippen LogP contribution in [0.25, 0.3) is 0 Å². The van der Waals surface area contributed by atoms with E-state index in [0.717, 1.165) is 5.69 Å². The Morgan fingerprint density at radius 3 is 2.67 bits per heavy atom. The molecule has 0 amide bonds. The number of anilines is 1. The van der Waals surface area contributed by atoms with Gasteiger partial charge in [0.15, 0.2) is 0 Å². The van der Waals surface area contributed by atoms with Crippen molar-refractivity contribution < 1.29 is 4.84 Å². The molecule has 1 rings (SSSR count). The molecule has 0 radical (unpaired) electrons. The van der Waals surface area contributed by atoms with Crippen LogP contribution in [0.3, 0.4) is 0 Å². The first kappa shape index (κ1) is 11.4. The van der Waals surface area contributed by atoms with Gasteiger partial charge in [-0.25, -0.2) is 4.98 Å². The third-order valence-corrected chi connectivity index (χ3v) is 1.43. The Balaban J connectivity index is 2.40. The Hall–Kier alpha value is -1.65. The second-order valence-electron chi connectivity index (χ2n) is 4.13. The van der Waals surface area contributed by atoms with Crippen LogP contribution in [-0.2, 0) is 11.3 Å². The van der Waals surface area contributed by atoms with E-state index in [2.05, 4.69) is 15.1 Å². The van der Waals surface area contributed by atoms with Crippen molar-refractivity contribution in [1.82, 2.24) is 9.97 Å². The number of hydrogen-bond acceptors (Lipinski definition) is 5. The molecule has 0 aliphatic heterocycles. The van der Waals surface area contributed by atoms with Gasteiger partial charge >= 0.3 is 0 Å². The van der Waals surface area contributed by atoms with Crippen LogP contribution >= 0.6 is 0 Å². The number of nitrogen functional groups attached to an aromatic ring is 1. The first-order valence-corrected chi connectivity index (χ1v) is 4.74. The fraction of sp³-hybridized carbons (Fsp3) is 0.500. The molecule has 0 aliphatic carbocycles. The molecule has 0 unspecified atom stereocenters. The lowest BCUT2D eigenvalue weighted by molar-refractivity contribution is 0.00165. The monoisotopic (exact) mass is 208 g/mol. The van der Waals surface area contributed by atoms with Crippen LogP contribution in [0.4, 0.5) is 5.82 Å². The van der Waals surface area contributed by atoms with Crippen LogP contribution in [0.1, 0.15) is 26.5 Å². The van der Waals surface area contributed by atoms with Crippen LogP contribution in [0.5, 0.6) is 0 Å². The highest BCUT2D eigenvalue weighted by molar-refractivity contribution is 5.59. The second-order valence-corrected chi connectivity index (χ2v) is 4.13. The Labute approximate surface area is 89.4 Å². The Morgan fingerprint density at radius 1 is 1.40 bits per heavy atom. The Morgan fingerprint density at radius 2 is 2.13 bits per heavy atom. The molecule has 2 N–H and O–H groups in total. The van der Waals surface area contributed by atoms with Gasteiger partial charge in [0, 0.05) is 12.6 Å². The van der Waals surface area contributed by atoms with Gasteiger partial charge in [-0.2, -0.15) is 0 Å². The molecule has 0 saturated carbocycles. The molecular formula is C10H16N4O. The van der Waals surface area contributed by atoms with E-state index in [4.69, 9.17) is 10.6 Å². The zero-order valence-electron chi connectivity index (χ0n) is 9.27. The van der Waals surface area contributed by atoms with Gasteiger partial charge in [0.1, 0.15) is 11.4 Å². The first-order valence-electron chi connectivity index (χ1n) is 4.74. The van der Waals surface area contributed by atoms with E-state index in [-0.39, 0.29) is 5.60 Å². The summed E-state index contributed by atoms with van der Waals surface area (Å²) in [7, 11) is 0. The topological polar surface area (TPSA) is 73.4 Å². The highest BCUT2D eigenvalue weighted by Crippen LogP contribution is 2.06. The quantitative estimate of drug-likeness (QED) is 0.602. The normalized spacial score (nSPS) is 11.9. The van der Waals surface area contributed by atoms with E-state index in [9.17, 15) is 0 Å². The molecule has 1 heterocycles. The smallest absolute Gasteiger partial charge is 0.141 e. The molecule has 5 heteroatoms. The van der Waals surface area contributed by atoms with E-state index >= 15 is 0 Å². The van der Waals surface area contributed by atoms with Gasteiger partial charge in [-0.15, -0.1) is 0 Å². The molecule has 82 valence electrons. The molecule has 0 aromatic carbocycles. The van der Waals surface area contributed by atoms with Gasteiger partial charge < -0.3 is 10.6 Å².